The van der Waals surface area contributed by atoms with Crippen molar-refractivity contribution in [3.05, 3.63) is 29.8 Å². The molecule has 1 N–H and O–H groups in total. The highest BCUT2D eigenvalue weighted by atomic mass is 32.2. The Morgan fingerprint density at radius 3 is 2.86 bits per heavy atom. The number of hydrogen-bond acceptors (Lipinski definition) is 4. The third kappa shape index (κ3) is 2.58. The summed E-state index contributed by atoms with van der Waals surface area (Å²) in [5.41, 5.74) is 0.707. The van der Waals surface area contributed by atoms with E-state index in [0.29, 0.717) is 16.3 Å². The summed E-state index contributed by atoms with van der Waals surface area (Å²) in [6.07, 6.45) is 3.74. The van der Waals surface area contributed by atoms with E-state index >= 15 is 0 Å². The van der Waals surface area contributed by atoms with E-state index in [4.69, 9.17) is 0 Å². The molecule has 0 radical (unpaired) electrons. The number of amidine groups is 1. The monoisotopic (exact) mass is 305 g/mol. The predicted molar refractivity (Wildman–Crippen MR) is 80.9 cm³/mol. The summed E-state index contributed by atoms with van der Waals surface area (Å²) in [5, 5.41) is 0. The molecule has 1 atom stereocenters. The molecule has 0 amide bonds. The van der Waals surface area contributed by atoms with Crippen LogP contribution >= 0.6 is 0 Å². The predicted octanol–water partition coefficient (Wildman–Crippen LogP) is 1.21. The number of likely N-dealkylation sites (tertiary alicyclic amines) is 1. The van der Waals surface area contributed by atoms with E-state index in [2.05, 4.69) is 14.6 Å². The Labute approximate surface area is 125 Å². The smallest absolute Gasteiger partial charge is 0.263 e. The Hall–Kier alpha value is -1.40. The van der Waals surface area contributed by atoms with Crippen LogP contribution in [0.4, 0.5) is 0 Å². The first-order valence-electron chi connectivity index (χ1n) is 7.54. The highest BCUT2D eigenvalue weighted by Gasteiger charge is 2.33. The lowest BCUT2D eigenvalue weighted by Gasteiger charge is -2.13. The van der Waals surface area contributed by atoms with Crippen LogP contribution in [0.25, 0.3) is 0 Å². The molecule has 0 aromatic heterocycles. The van der Waals surface area contributed by atoms with Gasteiger partial charge in [-0.3, -0.25) is 9.71 Å². The van der Waals surface area contributed by atoms with Crippen molar-refractivity contribution in [2.24, 2.45) is 10.9 Å². The van der Waals surface area contributed by atoms with Gasteiger partial charge < -0.3 is 4.90 Å². The van der Waals surface area contributed by atoms with Gasteiger partial charge in [0.05, 0.1) is 10.9 Å². The Morgan fingerprint density at radius 1 is 1.24 bits per heavy atom. The molecule has 1 aliphatic carbocycles. The van der Waals surface area contributed by atoms with Gasteiger partial charge in [0, 0.05) is 25.2 Å². The van der Waals surface area contributed by atoms with E-state index in [-0.39, 0.29) is 6.04 Å². The first-order chi connectivity index (χ1) is 10.1. The van der Waals surface area contributed by atoms with Crippen LogP contribution in [0.2, 0.25) is 0 Å². The van der Waals surface area contributed by atoms with E-state index < -0.39 is 10.0 Å². The van der Waals surface area contributed by atoms with Crippen molar-refractivity contribution in [2.45, 2.75) is 30.2 Å². The van der Waals surface area contributed by atoms with Gasteiger partial charge in [0.15, 0.2) is 0 Å². The van der Waals surface area contributed by atoms with Crippen molar-refractivity contribution in [1.82, 2.24) is 9.62 Å². The van der Waals surface area contributed by atoms with Gasteiger partial charge in [-0.2, -0.15) is 0 Å². The number of benzene rings is 1. The maximum absolute atomic E-state index is 12.1. The quantitative estimate of drug-likeness (QED) is 0.913. The zero-order valence-electron chi connectivity index (χ0n) is 11.8. The molecular weight excluding hydrogens is 286 g/mol. The summed E-state index contributed by atoms with van der Waals surface area (Å²) in [6.45, 7) is 3.21. The number of rotatable bonds is 3. The van der Waals surface area contributed by atoms with E-state index in [1.54, 1.807) is 12.1 Å². The Morgan fingerprint density at radius 2 is 2.05 bits per heavy atom. The summed E-state index contributed by atoms with van der Waals surface area (Å²) < 4.78 is 26.7. The van der Waals surface area contributed by atoms with Gasteiger partial charge in [-0.25, -0.2) is 8.42 Å². The fraction of sp³-hybridized carbons (Fsp3) is 0.533. The number of nitrogens with zero attached hydrogens (tertiary/aromatic N) is 2. The molecule has 0 unspecified atom stereocenters. The number of hydrogen-bond donors (Lipinski definition) is 1. The van der Waals surface area contributed by atoms with Gasteiger partial charge in [0.1, 0.15) is 5.84 Å². The highest BCUT2D eigenvalue weighted by molar-refractivity contribution is 7.90. The first kappa shape index (κ1) is 13.3. The Balaban J connectivity index is 1.54. The molecule has 2 fully saturated rings. The molecule has 0 bridgehead atoms. The maximum atomic E-state index is 12.1. The van der Waals surface area contributed by atoms with Gasteiger partial charge in [0.25, 0.3) is 10.0 Å². The van der Waals surface area contributed by atoms with Crippen LogP contribution in [-0.4, -0.2) is 44.8 Å². The average Bonchev–Trinajstić information content (AvgIpc) is 3.10. The van der Waals surface area contributed by atoms with Crippen molar-refractivity contribution in [1.29, 1.82) is 0 Å². The standard InChI is InChI=1S/C15H19N3O2S/c19-21(20)14-4-2-1-3-13(14)15(17-21)16-12-7-8-18(10-12)9-11-5-6-11/h1-4,11-12H,5-10H2,(H,16,17)/t12-/m0/s1. The number of fused-ring (bicyclic) bond motifs is 1. The second-order valence-electron chi connectivity index (χ2n) is 6.22. The van der Waals surface area contributed by atoms with Gasteiger partial charge >= 0.3 is 0 Å². The number of sulfonamides is 1. The van der Waals surface area contributed by atoms with Gasteiger partial charge in [0.2, 0.25) is 0 Å². The molecule has 4 rings (SSSR count). The lowest BCUT2D eigenvalue weighted by atomic mass is 10.2. The van der Waals surface area contributed by atoms with Crippen LogP contribution in [0.3, 0.4) is 0 Å². The SMILES string of the molecule is O=S1(=O)NC(=N[C@H]2CCN(CC3CC3)C2)c2ccccc21. The zero-order chi connectivity index (χ0) is 14.4. The molecule has 2 aliphatic heterocycles. The minimum Gasteiger partial charge on any atom is -0.301 e. The molecule has 21 heavy (non-hydrogen) atoms. The van der Waals surface area contributed by atoms with Crippen molar-refractivity contribution in [2.75, 3.05) is 19.6 Å². The fourth-order valence-electron chi connectivity index (χ4n) is 3.16. The zero-order valence-corrected chi connectivity index (χ0v) is 12.6. The van der Waals surface area contributed by atoms with E-state index in [0.717, 1.165) is 25.4 Å². The van der Waals surface area contributed by atoms with Crippen LogP contribution in [0.15, 0.2) is 34.2 Å². The fourth-order valence-corrected chi connectivity index (χ4v) is 4.40. The van der Waals surface area contributed by atoms with Crippen molar-refractivity contribution in [3.8, 4) is 0 Å². The van der Waals surface area contributed by atoms with Gasteiger partial charge in [-0.05, 0) is 37.3 Å². The van der Waals surface area contributed by atoms with Crippen LogP contribution in [0.5, 0.6) is 0 Å². The molecule has 5 nitrogen and oxygen atoms in total. The van der Waals surface area contributed by atoms with Crippen molar-refractivity contribution in [3.63, 3.8) is 0 Å². The topological polar surface area (TPSA) is 61.8 Å². The number of aliphatic imine (C=N–C) groups is 1. The molecule has 6 heteroatoms. The van der Waals surface area contributed by atoms with E-state index in [1.807, 2.05) is 12.1 Å². The van der Waals surface area contributed by atoms with E-state index in [1.165, 1.54) is 19.4 Å². The summed E-state index contributed by atoms with van der Waals surface area (Å²) in [4.78, 5) is 7.48. The van der Waals surface area contributed by atoms with Crippen LogP contribution < -0.4 is 4.72 Å². The Bertz CT molecular complexity index is 695. The molecule has 1 aromatic rings. The highest BCUT2D eigenvalue weighted by Crippen LogP contribution is 2.31. The summed E-state index contributed by atoms with van der Waals surface area (Å²) in [5.74, 6) is 1.41. The third-order valence-electron chi connectivity index (χ3n) is 4.44. The molecule has 112 valence electrons. The van der Waals surface area contributed by atoms with Gasteiger partial charge in [-0.1, -0.05) is 12.1 Å². The minimum atomic E-state index is -3.41. The first-order valence-corrected chi connectivity index (χ1v) is 9.02. The number of nitrogens with one attached hydrogen (secondary N) is 1. The van der Waals surface area contributed by atoms with Gasteiger partial charge in [-0.15, -0.1) is 0 Å². The lowest BCUT2D eigenvalue weighted by Crippen LogP contribution is -2.26. The van der Waals surface area contributed by atoms with Crippen molar-refractivity contribution < 1.29 is 8.42 Å². The molecular formula is C15H19N3O2S. The third-order valence-corrected chi connectivity index (χ3v) is 5.83. The van der Waals surface area contributed by atoms with Crippen LogP contribution in [-0.2, 0) is 10.0 Å². The van der Waals surface area contributed by atoms with Crippen LogP contribution in [0.1, 0.15) is 24.8 Å². The average molecular weight is 305 g/mol. The minimum absolute atomic E-state index is 0.201. The molecule has 2 heterocycles. The Kier molecular flexibility index (Phi) is 3.04. The summed E-state index contributed by atoms with van der Waals surface area (Å²) >= 11 is 0. The molecule has 1 saturated heterocycles. The van der Waals surface area contributed by atoms with Crippen LogP contribution in [0, 0.1) is 5.92 Å². The summed E-state index contributed by atoms with van der Waals surface area (Å²) in [7, 11) is -3.41. The molecule has 1 aromatic carbocycles. The molecule has 0 spiro atoms. The second-order valence-corrected chi connectivity index (χ2v) is 7.88. The normalized spacial score (nSPS) is 29.5. The summed E-state index contributed by atoms with van der Waals surface area (Å²) in [6, 6.07) is 7.25. The molecule has 1 saturated carbocycles. The largest absolute Gasteiger partial charge is 0.301 e. The molecule has 3 aliphatic rings. The maximum Gasteiger partial charge on any atom is 0.263 e. The van der Waals surface area contributed by atoms with Crippen molar-refractivity contribution >= 4 is 15.9 Å². The van der Waals surface area contributed by atoms with E-state index in [9.17, 15) is 8.42 Å². The second kappa shape index (κ2) is 4.81. The lowest BCUT2D eigenvalue weighted by molar-refractivity contribution is 0.320.